The summed E-state index contributed by atoms with van der Waals surface area (Å²) >= 11 is 0. The van der Waals surface area contributed by atoms with Gasteiger partial charge in [0.25, 0.3) is 5.88 Å². The maximum absolute atomic E-state index is 9.69. The Bertz CT molecular complexity index is 1290. The van der Waals surface area contributed by atoms with Crippen molar-refractivity contribution in [3.8, 4) is 17.7 Å². The normalized spacial score (nSPS) is 24.9. The summed E-state index contributed by atoms with van der Waals surface area (Å²) in [6, 6.07) is 10.2. The van der Waals surface area contributed by atoms with Gasteiger partial charge in [-0.25, -0.2) is 4.98 Å². The third-order valence-corrected chi connectivity index (χ3v) is 7.79. The Labute approximate surface area is 204 Å². The van der Waals surface area contributed by atoms with Crippen molar-refractivity contribution < 1.29 is 14.2 Å². The van der Waals surface area contributed by atoms with E-state index in [-0.39, 0.29) is 11.1 Å². The molecule has 0 atom stereocenters. The summed E-state index contributed by atoms with van der Waals surface area (Å²) in [7, 11) is 0. The molecule has 3 fully saturated rings. The number of fused-ring (bicyclic) bond motifs is 5. The van der Waals surface area contributed by atoms with Crippen LogP contribution in [0, 0.1) is 18.3 Å². The lowest BCUT2D eigenvalue weighted by Crippen LogP contribution is -2.61. The number of nitriles is 1. The van der Waals surface area contributed by atoms with Crippen molar-refractivity contribution in [1.82, 2.24) is 20.3 Å². The molecule has 3 aliphatic heterocycles. The Balaban J connectivity index is 1.11. The molecule has 2 bridgehead atoms. The van der Waals surface area contributed by atoms with E-state index in [1.165, 1.54) is 0 Å². The summed E-state index contributed by atoms with van der Waals surface area (Å²) in [5.74, 6) is 1.30. The van der Waals surface area contributed by atoms with Gasteiger partial charge in [0.15, 0.2) is 5.75 Å². The van der Waals surface area contributed by atoms with Crippen molar-refractivity contribution in [3.05, 3.63) is 53.0 Å². The van der Waals surface area contributed by atoms with Crippen molar-refractivity contribution in [2.75, 3.05) is 19.8 Å². The third-order valence-electron chi connectivity index (χ3n) is 7.79. The minimum atomic E-state index is -0.134. The van der Waals surface area contributed by atoms with Crippen molar-refractivity contribution in [3.63, 3.8) is 0 Å². The molecular formula is C27H29N5O3. The highest BCUT2D eigenvalue weighted by atomic mass is 16.6. The van der Waals surface area contributed by atoms with Gasteiger partial charge >= 0.3 is 0 Å². The second-order valence-electron chi connectivity index (χ2n) is 9.99. The molecule has 8 nitrogen and oxygen atoms in total. The monoisotopic (exact) mass is 471 g/mol. The molecule has 3 aromatic heterocycles. The van der Waals surface area contributed by atoms with E-state index in [9.17, 15) is 5.26 Å². The Morgan fingerprint density at radius 1 is 1.06 bits per heavy atom. The molecule has 1 N–H and O–H groups in total. The van der Waals surface area contributed by atoms with E-state index < -0.39 is 0 Å². The first kappa shape index (κ1) is 22.2. The molecule has 35 heavy (non-hydrogen) atoms. The summed E-state index contributed by atoms with van der Waals surface area (Å²) < 4.78 is 17.7. The lowest BCUT2D eigenvalue weighted by atomic mass is 9.69. The lowest BCUT2D eigenvalue weighted by molar-refractivity contribution is -0.165. The summed E-state index contributed by atoms with van der Waals surface area (Å²) in [6.45, 7) is 4.44. The molecule has 0 spiro atoms. The number of nitrogens with zero attached hydrogens (tertiary/aromatic N) is 4. The van der Waals surface area contributed by atoms with E-state index >= 15 is 0 Å². The fourth-order valence-electron chi connectivity index (χ4n) is 5.58. The number of hydrogen-bond acceptors (Lipinski definition) is 8. The van der Waals surface area contributed by atoms with Crippen LogP contribution in [0.25, 0.3) is 11.0 Å². The molecular weight excluding hydrogens is 442 g/mol. The van der Waals surface area contributed by atoms with Gasteiger partial charge in [0, 0.05) is 24.0 Å². The predicted molar refractivity (Wildman–Crippen MR) is 129 cm³/mol. The van der Waals surface area contributed by atoms with E-state index in [1.807, 2.05) is 31.2 Å². The standard InChI is InChI=1S/C27H29N5O3/c1-18-2-4-22-24(31-18)21(19(14-28)15-29-22)6-7-27-10-8-26(9-11-27,17-35-27)30-16-20-3-5-23-25(32-20)34-13-12-33-23/h2-5,15,30H,6-13,16-17H2,1H3. The van der Waals surface area contributed by atoms with Crippen molar-refractivity contribution in [1.29, 1.82) is 5.26 Å². The van der Waals surface area contributed by atoms with Gasteiger partial charge in [-0.1, -0.05) is 0 Å². The van der Waals surface area contributed by atoms with Crippen LogP contribution < -0.4 is 14.8 Å². The molecule has 7 rings (SSSR count). The highest BCUT2D eigenvalue weighted by Gasteiger charge is 2.49. The van der Waals surface area contributed by atoms with Crippen LogP contribution in [0.15, 0.2) is 30.5 Å². The quantitative estimate of drug-likeness (QED) is 0.580. The van der Waals surface area contributed by atoms with E-state index in [2.05, 4.69) is 21.4 Å². The Morgan fingerprint density at radius 2 is 1.91 bits per heavy atom. The minimum Gasteiger partial charge on any atom is -0.484 e. The first-order valence-electron chi connectivity index (χ1n) is 12.4. The van der Waals surface area contributed by atoms with E-state index in [1.54, 1.807) is 6.20 Å². The van der Waals surface area contributed by atoms with Gasteiger partial charge in [-0.2, -0.15) is 5.26 Å². The highest BCUT2D eigenvalue weighted by Crippen LogP contribution is 2.46. The van der Waals surface area contributed by atoms with Gasteiger partial charge < -0.3 is 19.5 Å². The molecule has 6 heterocycles. The van der Waals surface area contributed by atoms with Crippen molar-refractivity contribution in [2.24, 2.45) is 0 Å². The number of nitrogens with one attached hydrogen (secondary N) is 1. The number of hydrogen-bond donors (Lipinski definition) is 1. The number of rotatable bonds is 6. The minimum absolute atomic E-state index is 0.0173. The third kappa shape index (κ3) is 4.19. The Hall–Kier alpha value is -3.28. The second kappa shape index (κ2) is 8.74. The molecule has 0 radical (unpaired) electrons. The van der Waals surface area contributed by atoms with Crippen LogP contribution in [0.1, 0.15) is 54.6 Å². The van der Waals surface area contributed by atoms with E-state index in [0.717, 1.165) is 66.5 Å². The van der Waals surface area contributed by atoms with Gasteiger partial charge in [0.05, 0.1) is 34.5 Å². The Morgan fingerprint density at radius 3 is 2.71 bits per heavy atom. The smallest absolute Gasteiger partial charge is 0.257 e. The fraction of sp³-hybridized carbons (Fsp3) is 0.481. The van der Waals surface area contributed by atoms with Crippen LogP contribution in [0.3, 0.4) is 0 Å². The molecule has 180 valence electrons. The molecule has 4 aliphatic rings. The van der Waals surface area contributed by atoms with Crippen LogP contribution in [0.2, 0.25) is 0 Å². The second-order valence-corrected chi connectivity index (χ2v) is 9.99. The topological polar surface area (TPSA) is 102 Å². The summed E-state index contributed by atoms with van der Waals surface area (Å²) in [5, 5.41) is 13.4. The molecule has 0 unspecified atom stereocenters. The van der Waals surface area contributed by atoms with Crippen molar-refractivity contribution >= 4 is 11.0 Å². The molecule has 0 aromatic carbocycles. The summed E-state index contributed by atoms with van der Waals surface area (Å²) in [6.07, 6.45) is 7.47. The molecule has 3 aromatic rings. The maximum atomic E-state index is 9.69. The number of ether oxygens (including phenoxy) is 3. The van der Waals surface area contributed by atoms with Crippen molar-refractivity contribution in [2.45, 2.75) is 63.1 Å². The van der Waals surface area contributed by atoms with E-state index in [0.29, 0.717) is 43.6 Å². The zero-order valence-corrected chi connectivity index (χ0v) is 20.0. The van der Waals surface area contributed by atoms with E-state index in [4.69, 9.17) is 19.2 Å². The van der Waals surface area contributed by atoms with Gasteiger partial charge in [0.2, 0.25) is 0 Å². The average Bonchev–Trinajstić information content (AvgIpc) is 2.91. The molecule has 1 saturated carbocycles. The fourth-order valence-corrected chi connectivity index (χ4v) is 5.58. The molecule has 8 heteroatoms. The highest BCUT2D eigenvalue weighted by molar-refractivity contribution is 5.80. The summed E-state index contributed by atoms with van der Waals surface area (Å²) in [5.41, 5.74) is 5.01. The number of aromatic nitrogens is 3. The van der Waals surface area contributed by atoms with Crippen LogP contribution in [-0.2, 0) is 17.7 Å². The van der Waals surface area contributed by atoms with Crippen LogP contribution >= 0.6 is 0 Å². The number of aryl methyl sites for hydroxylation is 2. The van der Waals surface area contributed by atoms with Crippen LogP contribution in [-0.4, -0.2) is 45.9 Å². The summed E-state index contributed by atoms with van der Waals surface area (Å²) in [4.78, 5) is 13.7. The molecule has 2 saturated heterocycles. The van der Waals surface area contributed by atoms with Gasteiger partial charge in [-0.3, -0.25) is 9.97 Å². The first-order valence-corrected chi connectivity index (χ1v) is 12.4. The van der Waals surface area contributed by atoms with Gasteiger partial charge in [-0.15, -0.1) is 0 Å². The zero-order valence-electron chi connectivity index (χ0n) is 20.0. The zero-order chi connectivity index (χ0) is 23.9. The van der Waals surface area contributed by atoms with Gasteiger partial charge in [0.1, 0.15) is 19.3 Å². The maximum Gasteiger partial charge on any atom is 0.257 e. The van der Waals surface area contributed by atoms with Gasteiger partial charge in [-0.05, 0) is 75.3 Å². The SMILES string of the molecule is Cc1ccc2ncc(C#N)c(CCC34CCC(NCc5ccc6c(n5)OCCO6)(CC3)CO4)c2n1. The van der Waals surface area contributed by atoms with Crippen LogP contribution in [0.5, 0.6) is 11.6 Å². The predicted octanol–water partition coefficient (Wildman–Crippen LogP) is 3.78. The molecule has 1 aliphatic carbocycles. The molecule has 0 amide bonds. The Kier molecular flexibility index (Phi) is 5.54. The average molecular weight is 472 g/mol. The van der Waals surface area contributed by atoms with Crippen LogP contribution in [0.4, 0.5) is 0 Å². The first-order chi connectivity index (χ1) is 17.1. The lowest BCUT2D eigenvalue weighted by Gasteiger charge is -2.53. The largest absolute Gasteiger partial charge is 0.484 e. The number of pyridine rings is 3.